The van der Waals surface area contributed by atoms with Crippen LogP contribution in [0, 0.1) is 17.0 Å². The number of nitrogens with one attached hydrogen (secondary N) is 2. The molecule has 1 amide bonds. The highest BCUT2D eigenvalue weighted by molar-refractivity contribution is 6.30. The van der Waals surface area contributed by atoms with Crippen LogP contribution in [0.15, 0.2) is 52.5 Å². The molecule has 11 heteroatoms. The van der Waals surface area contributed by atoms with E-state index in [0.717, 1.165) is 41.6 Å². The Morgan fingerprint density at radius 2 is 2.09 bits per heavy atom. The number of hydrazone groups is 1. The number of hydrogen-bond donors (Lipinski definition) is 3. The van der Waals surface area contributed by atoms with Gasteiger partial charge >= 0.3 is 0 Å². The molecule has 160 valence electrons. The van der Waals surface area contributed by atoms with Gasteiger partial charge in [-0.05, 0) is 36.8 Å². The fourth-order valence-corrected chi connectivity index (χ4v) is 3.58. The van der Waals surface area contributed by atoms with Crippen molar-refractivity contribution in [3.63, 3.8) is 0 Å². The second-order valence-corrected chi connectivity index (χ2v) is 7.29. The number of aromatic hydroxyl groups is 1. The summed E-state index contributed by atoms with van der Waals surface area (Å²) in [7, 11) is 0. The average Bonchev–Trinajstić information content (AvgIpc) is 2.74. The Labute approximate surface area is 184 Å². The second kappa shape index (κ2) is 8.08. The minimum Gasteiger partial charge on any atom is -0.507 e. The summed E-state index contributed by atoms with van der Waals surface area (Å²) in [5, 5.41) is 25.7. The first-order chi connectivity index (χ1) is 15.3. The molecule has 2 aromatic heterocycles. The molecule has 10 nitrogen and oxygen atoms in total. The molecule has 0 aliphatic carbocycles. The van der Waals surface area contributed by atoms with Crippen molar-refractivity contribution >= 4 is 51.2 Å². The van der Waals surface area contributed by atoms with Crippen molar-refractivity contribution in [3.8, 4) is 5.75 Å². The molecule has 0 saturated heterocycles. The van der Waals surface area contributed by atoms with Crippen molar-refractivity contribution < 1.29 is 14.8 Å². The number of carbonyl (C=O) groups excluding carboxylic acids is 1. The lowest BCUT2D eigenvalue weighted by molar-refractivity contribution is -0.384. The Hall–Kier alpha value is -4.31. The zero-order chi connectivity index (χ0) is 23.0. The molecule has 0 bridgehead atoms. The zero-order valence-corrected chi connectivity index (χ0v) is 17.2. The fourth-order valence-electron chi connectivity index (χ4n) is 3.31. The number of rotatable bonds is 4. The molecular weight excluding hydrogens is 438 g/mol. The van der Waals surface area contributed by atoms with Crippen LogP contribution >= 0.6 is 11.6 Å². The first-order valence-corrected chi connectivity index (χ1v) is 9.55. The van der Waals surface area contributed by atoms with E-state index in [1.165, 1.54) is 0 Å². The maximum absolute atomic E-state index is 12.9. The number of halogens is 1. The molecule has 0 saturated carbocycles. The highest BCUT2D eigenvalue weighted by Crippen LogP contribution is 2.26. The number of amides is 1. The van der Waals surface area contributed by atoms with E-state index in [-0.39, 0.29) is 28.0 Å². The molecule has 2 heterocycles. The number of pyridine rings is 2. The Balaban J connectivity index is 1.66. The lowest BCUT2D eigenvalue weighted by atomic mass is 10.0. The van der Waals surface area contributed by atoms with Gasteiger partial charge in [0.1, 0.15) is 16.5 Å². The average molecular weight is 452 g/mol. The number of nitrogens with zero attached hydrogens (tertiary/aromatic N) is 3. The Morgan fingerprint density at radius 3 is 2.84 bits per heavy atom. The van der Waals surface area contributed by atoms with Gasteiger partial charge in [0, 0.05) is 40.2 Å². The molecule has 0 atom stereocenters. The molecule has 0 unspecified atom stereocenters. The standard InChI is InChI=1S/C21H14ClN5O5/c1-10-6-17(22)25-15-4-3-13-19(18(10)15)23-9-14(20(13)29)21(30)26-24-8-11-7-12(27(31)32)2-5-16(11)28/h2-9,25,28H,1H3,(H,26,30). The van der Waals surface area contributed by atoms with E-state index in [1.54, 1.807) is 18.2 Å². The van der Waals surface area contributed by atoms with Crippen LogP contribution < -0.4 is 10.9 Å². The van der Waals surface area contributed by atoms with Crippen molar-refractivity contribution in [2.75, 3.05) is 0 Å². The van der Waals surface area contributed by atoms with E-state index < -0.39 is 16.3 Å². The van der Waals surface area contributed by atoms with Gasteiger partial charge in [-0.15, -0.1) is 0 Å². The molecule has 2 aromatic carbocycles. The van der Waals surface area contributed by atoms with Crippen LogP contribution in [0.4, 0.5) is 5.69 Å². The second-order valence-electron chi connectivity index (χ2n) is 6.88. The van der Waals surface area contributed by atoms with Crippen molar-refractivity contribution in [1.82, 2.24) is 15.4 Å². The topological polar surface area (TPSA) is 151 Å². The molecule has 4 aromatic rings. The van der Waals surface area contributed by atoms with Gasteiger partial charge in [-0.3, -0.25) is 24.7 Å². The summed E-state index contributed by atoms with van der Waals surface area (Å²) in [5.74, 6) is -1.07. The number of phenolic OH excluding ortho intramolecular Hbond substituents is 1. The van der Waals surface area contributed by atoms with Crippen LogP contribution in [0.3, 0.4) is 0 Å². The smallest absolute Gasteiger partial charge is 0.276 e. The molecule has 32 heavy (non-hydrogen) atoms. The summed E-state index contributed by atoms with van der Waals surface area (Å²) in [5.41, 5.74) is 3.13. The van der Waals surface area contributed by atoms with E-state index >= 15 is 0 Å². The number of nitro benzene ring substituents is 1. The van der Waals surface area contributed by atoms with E-state index in [4.69, 9.17) is 11.6 Å². The third kappa shape index (κ3) is 3.74. The molecule has 0 aliphatic heterocycles. The maximum atomic E-state index is 12.9. The summed E-state index contributed by atoms with van der Waals surface area (Å²) >= 11 is 6.05. The van der Waals surface area contributed by atoms with Gasteiger partial charge in [0.2, 0.25) is 5.43 Å². The van der Waals surface area contributed by atoms with Crippen LogP contribution in [0.5, 0.6) is 5.75 Å². The SMILES string of the molecule is Cc1cc(Cl)[nH]c2ccc3c(=O)c(C(=O)NN=Cc4cc([N+](=O)[O-])ccc4O)cnc3c12. The Kier molecular flexibility index (Phi) is 5.29. The van der Waals surface area contributed by atoms with Gasteiger partial charge in [0.05, 0.1) is 16.7 Å². The quantitative estimate of drug-likeness (QED) is 0.142. The number of nitro groups is 1. The van der Waals surface area contributed by atoms with Crippen molar-refractivity contribution in [2.45, 2.75) is 6.92 Å². The summed E-state index contributed by atoms with van der Waals surface area (Å²) in [6.45, 7) is 1.84. The third-order valence-electron chi connectivity index (χ3n) is 4.82. The maximum Gasteiger partial charge on any atom is 0.276 e. The molecule has 0 spiro atoms. The number of hydrogen-bond acceptors (Lipinski definition) is 7. The number of aryl methyl sites for hydroxylation is 1. The number of H-pyrrole nitrogens is 1. The Bertz CT molecular complexity index is 1510. The first-order valence-electron chi connectivity index (χ1n) is 9.18. The van der Waals surface area contributed by atoms with Gasteiger partial charge < -0.3 is 10.1 Å². The Morgan fingerprint density at radius 1 is 1.31 bits per heavy atom. The number of non-ortho nitro benzene ring substituents is 1. The number of fused-ring (bicyclic) bond motifs is 3. The highest BCUT2D eigenvalue weighted by atomic mass is 35.5. The number of aromatic nitrogens is 2. The molecule has 4 rings (SSSR count). The summed E-state index contributed by atoms with van der Waals surface area (Å²) in [6, 6.07) is 8.32. The van der Waals surface area contributed by atoms with Crippen molar-refractivity contribution in [2.24, 2.45) is 5.10 Å². The van der Waals surface area contributed by atoms with Crippen LogP contribution in [-0.2, 0) is 0 Å². The largest absolute Gasteiger partial charge is 0.507 e. The minimum absolute atomic E-state index is 0.0235. The predicted molar refractivity (Wildman–Crippen MR) is 119 cm³/mol. The monoisotopic (exact) mass is 451 g/mol. The van der Waals surface area contributed by atoms with Crippen LogP contribution in [-0.4, -0.2) is 32.1 Å². The lowest BCUT2D eigenvalue weighted by Gasteiger charge is -2.08. The van der Waals surface area contributed by atoms with E-state index in [9.17, 15) is 24.8 Å². The van der Waals surface area contributed by atoms with Crippen LogP contribution in [0.2, 0.25) is 5.15 Å². The van der Waals surface area contributed by atoms with Crippen molar-refractivity contribution in [3.05, 3.63) is 84.8 Å². The number of phenols is 1. The van der Waals surface area contributed by atoms with Crippen LogP contribution in [0.25, 0.3) is 21.8 Å². The minimum atomic E-state index is -0.815. The fraction of sp³-hybridized carbons (Fsp3) is 0.0476. The van der Waals surface area contributed by atoms with Gasteiger partial charge in [0.15, 0.2) is 0 Å². The normalized spacial score (nSPS) is 11.3. The van der Waals surface area contributed by atoms with Gasteiger partial charge in [-0.25, -0.2) is 5.43 Å². The van der Waals surface area contributed by atoms with Gasteiger partial charge in [-0.2, -0.15) is 5.10 Å². The van der Waals surface area contributed by atoms with E-state index in [2.05, 4.69) is 20.5 Å². The molecular formula is C21H14ClN5O5. The van der Waals surface area contributed by atoms with Crippen LogP contribution in [0.1, 0.15) is 21.5 Å². The molecule has 3 N–H and O–H groups in total. The molecule has 0 radical (unpaired) electrons. The van der Waals surface area contributed by atoms with E-state index in [1.807, 2.05) is 6.92 Å². The molecule has 0 fully saturated rings. The zero-order valence-electron chi connectivity index (χ0n) is 16.4. The number of aromatic amines is 1. The summed E-state index contributed by atoms with van der Waals surface area (Å²) < 4.78 is 0. The highest BCUT2D eigenvalue weighted by Gasteiger charge is 2.16. The molecule has 0 aliphatic rings. The summed E-state index contributed by atoms with van der Waals surface area (Å²) in [6.07, 6.45) is 2.20. The number of benzene rings is 2. The van der Waals surface area contributed by atoms with Gasteiger partial charge in [-0.1, -0.05) is 11.6 Å². The lowest BCUT2D eigenvalue weighted by Crippen LogP contribution is -2.25. The summed E-state index contributed by atoms with van der Waals surface area (Å²) in [4.78, 5) is 42.9. The van der Waals surface area contributed by atoms with Gasteiger partial charge in [0.25, 0.3) is 11.6 Å². The van der Waals surface area contributed by atoms with Crippen molar-refractivity contribution in [1.29, 1.82) is 0 Å². The predicted octanol–water partition coefficient (Wildman–Crippen LogP) is 3.42. The van der Waals surface area contributed by atoms with E-state index in [0.29, 0.717) is 16.2 Å². The number of carbonyl (C=O) groups is 1. The third-order valence-corrected chi connectivity index (χ3v) is 5.02. The first kappa shape index (κ1) is 20.9.